The van der Waals surface area contributed by atoms with E-state index in [1.54, 1.807) is 12.1 Å². The van der Waals surface area contributed by atoms with E-state index in [0.717, 1.165) is 24.0 Å². The number of fused-ring (bicyclic) bond motifs is 1. The first kappa shape index (κ1) is 20.8. The molecule has 2 aromatic carbocycles. The van der Waals surface area contributed by atoms with Crippen LogP contribution < -0.4 is 10.2 Å². The summed E-state index contributed by atoms with van der Waals surface area (Å²) in [5, 5.41) is 2.98. The number of carbonyl (C=O) groups is 3. The van der Waals surface area contributed by atoms with Crippen molar-refractivity contribution in [3.8, 4) is 0 Å². The lowest BCUT2D eigenvalue weighted by atomic mass is 10.0. The van der Waals surface area contributed by atoms with E-state index in [1.165, 1.54) is 11.0 Å². The molecule has 152 valence electrons. The van der Waals surface area contributed by atoms with Gasteiger partial charge in [0.05, 0.1) is 16.8 Å². The first-order valence-corrected chi connectivity index (χ1v) is 10.1. The second kappa shape index (κ2) is 8.19. The highest BCUT2D eigenvalue weighted by Gasteiger charge is 2.37. The van der Waals surface area contributed by atoms with Crippen LogP contribution in [0.4, 0.5) is 5.69 Å². The number of nitrogens with zero attached hydrogens (tertiary/aromatic N) is 1. The Labute approximate surface area is 172 Å². The second-order valence-corrected chi connectivity index (χ2v) is 8.34. The molecule has 1 atom stereocenters. The maximum atomic E-state index is 13.0. The third kappa shape index (κ3) is 4.24. The molecule has 0 aliphatic carbocycles. The molecular weight excluding hydrogens is 364 g/mol. The average Bonchev–Trinajstić information content (AvgIpc) is 2.92. The summed E-state index contributed by atoms with van der Waals surface area (Å²) in [6.07, 6.45) is 1.93. The third-order valence-electron chi connectivity index (χ3n) is 5.31. The lowest BCUT2D eigenvalue weighted by Crippen LogP contribution is -2.32. The number of anilines is 1. The molecule has 0 radical (unpaired) electrons. The Morgan fingerprint density at radius 3 is 2.31 bits per heavy atom. The van der Waals surface area contributed by atoms with Crippen molar-refractivity contribution in [2.24, 2.45) is 5.92 Å². The van der Waals surface area contributed by atoms with Crippen LogP contribution in [0.3, 0.4) is 0 Å². The molecule has 0 spiro atoms. The van der Waals surface area contributed by atoms with E-state index in [2.05, 4.69) is 19.2 Å². The molecule has 0 bridgehead atoms. The zero-order chi connectivity index (χ0) is 21.3. The molecule has 0 saturated heterocycles. The summed E-state index contributed by atoms with van der Waals surface area (Å²) in [6, 6.07) is 10.4. The van der Waals surface area contributed by atoms with E-state index in [-0.39, 0.29) is 29.3 Å². The Morgan fingerprint density at radius 2 is 1.62 bits per heavy atom. The molecule has 1 aliphatic rings. The van der Waals surface area contributed by atoms with Gasteiger partial charge in [-0.1, -0.05) is 26.0 Å². The predicted molar refractivity (Wildman–Crippen MR) is 114 cm³/mol. The van der Waals surface area contributed by atoms with Crippen molar-refractivity contribution in [3.05, 3.63) is 64.2 Å². The highest BCUT2D eigenvalue weighted by molar-refractivity contribution is 6.35. The van der Waals surface area contributed by atoms with Crippen LogP contribution in [0.1, 0.15) is 75.8 Å². The van der Waals surface area contributed by atoms with Crippen molar-refractivity contribution in [2.75, 3.05) is 4.90 Å². The summed E-state index contributed by atoms with van der Waals surface area (Å²) in [5.41, 5.74) is 3.41. The molecule has 0 saturated carbocycles. The number of amides is 3. The number of aryl methyl sites for hydroxylation is 2. The second-order valence-electron chi connectivity index (χ2n) is 8.34. The number of hydrogen-bond donors (Lipinski definition) is 1. The first-order valence-electron chi connectivity index (χ1n) is 10.1. The number of nitrogens with one attached hydrogen (secondary N) is 1. The highest BCUT2D eigenvalue weighted by atomic mass is 16.2. The van der Waals surface area contributed by atoms with Crippen LogP contribution in [0.15, 0.2) is 36.4 Å². The quantitative estimate of drug-likeness (QED) is 0.727. The normalized spacial score (nSPS) is 14.3. The largest absolute Gasteiger partial charge is 0.350 e. The van der Waals surface area contributed by atoms with Gasteiger partial charge in [-0.2, -0.15) is 0 Å². The first-order chi connectivity index (χ1) is 13.7. The lowest BCUT2D eigenvalue weighted by molar-refractivity contribution is 0.0921. The van der Waals surface area contributed by atoms with Crippen LogP contribution in [0.25, 0.3) is 0 Å². The standard InChI is InChI=1S/C24H28N2O3/c1-14(2)6-9-17(5)25-22(27)18-10-11-19-20(13-18)24(29)26(23(19)28)21-12-15(3)7-8-16(21)4/h7-8,10-14,17H,6,9H2,1-5H3,(H,25,27). The molecule has 1 N–H and O–H groups in total. The van der Waals surface area contributed by atoms with Crippen molar-refractivity contribution < 1.29 is 14.4 Å². The van der Waals surface area contributed by atoms with Gasteiger partial charge in [0, 0.05) is 11.6 Å². The Morgan fingerprint density at radius 1 is 0.931 bits per heavy atom. The number of imide groups is 1. The zero-order valence-electron chi connectivity index (χ0n) is 17.7. The van der Waals surface area contributed by atoms with Crippen LogP contribution in [-0.4, -0.2) is 23.8 Å². The predicted octanol–water partition coefficient (Wildman–Crippen LogP) is 4.66. The minimum atomic E-state index is -0.388. The van der Waals surface area contributed by atoms with E-state index in [1.807, 2.05) is 39.0 Å². The topological polar surface area (TPSA) is 66.5 Å². The summed E-state index contributed by atoms with van der Waals surface area (Å²) in [7, 11) is 0. The molecule has 3 amide bonds. The smallest absolute Gasteiger partial charge is 0.266 e. The van der Waals surface area contributed by atoms with Gasteiger partial charge in [-0.3, -0.25) is 14.4 Å². The summed E-state index contributed by atoms with van der Waals surface area (Å²) in [4.78, 5) is 39.7. The fourth-order valence-electron chi connectivity index (χ4n) is 3.52. The van der Waals surface area contributed by atoms with Gasteiger partial charge in [0.2, 0.25) is 0 Å². The van der Waals surface area contributed by atoms with Crippen molar-refractivity contribution in [2.45, 2.75) is 53.5 Å². The van der Waals surface area contributed by atoms with Crippen molar-refractivity contribution in [1.82, 2.24) is 5.32 Å². The van der Waals surface area contributed by atoms with E-state index in [9.17, 15) is 14.4 Å². The molecule has 29 heavy (non-hydrogen) atoms. The van der Waals surface area contributed by atoms with Gasteiger partial charge in [-0.25, -0.2) is 4.90 Å². The van der Waals surface area contributed by atoms with Gasteiger partial charge in [0.25, 0.3) is 17.7 Å². The highest BCUT2D eigenvalue weighted by Crippen LogP contribution is 2.31. The Bertz CT molecular complexity index is 978. The van der Waals surface area contributed by atoms with Gasteiger partial charge in [-0.15, -0.1) is 0 Å². The molecule has 1 unspecified atom stereocenters. The average molecular weight is 392 g/mol. The van der Waals surface area contributed by atoms with Crippen LogP contribution in [0, 0.1) is 19.8 Å². The summed E-state index contributed by atoms with van der Waals surface area (Å²) >= 11 is 0. The molecule has 3 rings (SSSR count). The van der Waals surface area contributed by atoms with Gasteiger partial charge in [0.1, 0.15) is 0 Å². The Kier molecular flexibility index (Phi) is 5.87. The van der Waals surface area contributed by atoms with Crippen molar-refractivity contribution in [3.63, 3.8) is 0 Å². The molecule has 1 heterocycles. The minimum Gasteiger partial charge on any atom is -0.350 e. The van der Waals surface area contributed by atoms with Gasteiger partial charge < -0.3 is 5.32 Å². The maximum Gasteiger partial charge on any atom is 0.266 e. The molecular formula is C24H28N2O3. The van der Waals surface area contributed by atoms with Gasteiger partial charge in [-0.05, 0) is 74.9 Å². The fourth-order valence-corrected chi connectivity index (χ4v) is 3.52. The monoisotopic (exact) mass is 392 g/mol. The molecule has 5 heteroatoms. The fraction of sp³-hybridized carbons (Fsp3) is 0.375. The maximum absolute atomic E-state index is 13.0. The number of benzene rings is 2. The Balaban J connectivity index is 1.84. The summed E-state index contributed by atoms with van der Waals surface area (Å²) < 4.78 is 0. The van der Waals surface area contributed by atoms with E-state index < -0.39 is 0 Å². The third-order valence-corrected chi connectivity index (χ3v) is 5.31. The van der Waals surface area contributed by atoms with Crippen LogP contribution in [-0.2, 0) is 0 Å². The molecule has 5 nitrogen and oxygen atoms in total. The minimum absolute atomic E-state index is 0.0435. The SMILES string of the molecule is Cc1ccc(C)c(N2C(=O)c3ccc(C(=O)NC(C)CCC(C)C)cc3C2=O)c1. The van der Waals surface area contributed by atoms with Crippen molar-refractivity contribution in [1.29, 1.82) is 0 Å². The van der Waals surface area contributed by atoms with Crippen LogP contribution in [0.5, 0.6) is 0 Å². The number of carbonyl (C=O) groups excluding carboxylic acids is 3. The number of rotatable bonds is 6. The van der Waals surface area contributed by atoms with Crippen LogP contribution >= 0.6 is 0 Å². The van der Waals surface area contributed by atoms with Crippen LogP contribution in [0.2, 0.25) is 0 Å². The Hall–Kier alpha value is -2.95. The van der Waals surface area contributed by atoms with Crippen molar-refractivity contribution >= 4 is 23.4 Å². The summed E-state index contributed by atoms with van der Waals surface area (Å²) in [5.74, 6) is -0.388. The lowest BCUT2D eigenvalue weighted by Gasteiger charge is -2.17. The molecule has 1 aliphatic heterocycles. The summed E-state index contributed by atoms with van der Waals surface area (Å²) in [6.45, 7) is 10.1. The molecule has 2 aromatic rings. The van der Waals surface area contributed by atoms with Gasteiger partial charge >= 0.3 is 0 Å². The zero-order valence-corrected chi connectivity index (χ0v) is 17.7. The van der Waals surface area contributed by atoms with E-state index in [0.29, 0.717) is 22.7 Å². The molecule has 0 fully saturated rings. The van der Waals surface area contributed by atoms with Gasteiger partial charge in [0.15, 0.2) is 0 Å². The van der Waals surface area contributed by atoms with E-state index >= 15 is 0 Å². The number of hydrogen-bond acceptors (Lipinski definition) is 3. The molecule has 0 aromatic heterocycles. The van der Waals surface area contributed by atoms with E-state index in [4.69, 9.17) is 0 Å².